The lowest BCUT2D eigenvalue weighted by atomic mass is 9.96. The molecule has 9 nitrogen and oxygen atoms in total. The zero-order valence-electron chi connectivity index (χ0n) is 23.0. The zero-order chi connectivity index (χ0) is 30.8. The molecule has 220 valence electrons. The average molecular weight is 701 g/mol. The van der Waals surface area contributed by atoms with Crippen molar-refractivity contribution in [1.29, 1.82) is 0 Å². The topological polar surface area (TPSA) is 113 Å². The minimum Gasteiger partial charge on any atom is -0.496 e. The van der Waals surface area contributed by atoms with Gasteiger partial charge in [-0.25, -0.2) is 9.79 Å². The summed E-state index contributed by atoms with van der Waals surface area (Å²) in [6, 6.07) is 16.3. The third-order valence-electron chi connectivity index (χ3n) is 6.53. The van der Waals surface area contributed by atoms with Crippen LogP contribution < -0.4 is 19.6 Å². The molecule has 1 atom stereocenters. The van der Waals surface area contributed by atoms with Crippen LogP contribution in [0.3, 0.4) is 0 Å². The molecule has 4 aromatic rings. The number of carbonyl (C=O) groups is 1. The van der Waals surface area contributed by atoms with E-state index in [4.69, 9.17) is 21.1 Å². The van der Waals surface area contributed by atoms with Crippen molar-refractivity contribution in [2.45, 2.75) is 29.7 Å². The lowest BCUT2D eigenvalue weighted by Gasteiger charge is -2.25. The Hall–Kier alpha value is -3.71. The van der Waals surface area contributed by atoms with Crippen molar-refractivity contribution in [1.82, 2.24) is 4.57 Å². The molecule has 0 saturated carbocycles. The number of aromatic nitrogens is 1. The Morgan fingerprint density at radius 3 is 2.60 bits per heavy atom. The summed E-state index contributed by atoms with van der Waals surface area (Å²) in [5.41, 5.74) is 1.32. The summed E-state index contributed by atoms with van der Waals surface area (Å²) in [6.45, 7) is 3.57. The van der Waals surface area contributed by atoms with Gasteiger partial charge in [-0.3, -0.25) is 19.5 Å². The van der Waals surface area contributed by atoms with Crippen LogP contribution in [0, 0.1) is 10.1 Å². The third kappa shape index (κ3) is 6.32. The Bertz CT molecular complexity index is 1970. The molecule has 0 amide bonds. The van der Waals surface area contributed by atoms with E-state index in [1.54, 1.807) is 81.6 Å². The number of esters is 1. The Labute approximate surface area is 267 Å². The van der Waals surface area contributed by atoms with E-state index in [1.807, 2.05) is 0 Å². The van der Waals surface area contributed by atoms with E-state index in [0.717, 1.165) is 16.2 Å². The maximum Gasteiger partial charge on any atom is 0.338 e. The standard InChI is InChI=1S/C30H23BrClN3O6S2/c1-4-41-29(37)26-16(2)33-30-34(27(26)18-6-11-23(40-3)21(31)15-18)28(36)25(43-30)14-17-5-12-24(22(13-17)35(38)39)42-20-9-7-19(32)8-10-20/h5-15,27H,4H2,1-3H3/b25-14-/t27-/m0/s1. The van der Waals surface area contributed by atoms with E-state index in [2.05, 4.69) is 20.9 Å². The highest BCUT2D eigenvalue weighted by molar-refractivity contribution is 9.10. The fourth-order valence-corrected chi connectivity index (χ4v) is 7.22. The number of nitrogens with zero attached hydrogens (tertiary/aromatic N) is 3. The van der Waals surface area contributed by atoms with Crippen molar-refractivity contribution < 1.29 is 19.2 Å². The minimum absolute atomic E-state index is 0.0946. The molecule has 3 aromatic carbocycles. The summed E-state index contributed by atoms with van der Waals surface area (Å²) < 4.78 is 13.1. The third-order valence-corrected chi connectivity index (χ3v) is 9.46. The second-order valence-corrected chi connectivity index (χ2v) is 12.7. The van der Waals surface area contributed by atoms with Crippen molar-refractivity contribution in [2.75, 3.05) is 13.7 Å². The monoisotopic (exact) mass is 699 g/mol. The number of hydrogen-bond acceptors (Lipinski definition) is 9. The lowest BCUT2D eigenvalue weighted by Crippen LogP contribution is -2.40. The molecule has 1 aliphatic rings. The summed E-state index contributed by atoms with van der Waals surface area (Å²) in [4.78, 5) is 44.8. The summed E-state index contributed by atoms with van der Waals surface area (Å²) in [7, 11) is 1.55. The fraction of sp³-hybridized carbons (Fsp3) is 0.167. The highest BCUT2D eigenvalue weighted by atomic mass is 79.9. The summed E-state index contributed by atoms with van der Waals surface area (Å²) in [5.74, 6) is 0.0215. The molecule has 0 spiro atoms. The molecule has 2 heterocycles. The summed E-state index contributed by atoms with van der Waals surface area (Å²) in [6.07, 6.45) is 1.60. The number of nitro groups is 1. The van der Waals surface area contributed by atoms with Crippen molar-refractivity contribution >= 4 is 68.4 Å². The SMILES string of the molecule is CCOC(=O)C1=C(C)N=c2s/c(=C\c3ccc(Sc4ccc(Cl)cc4)c([N+](=O)[O-])c3)c(=O)n2[C@H]1c1ccc(OC)c(Br)c1. The van der Waals surface area contributed by atoms with Crippen LogP contribution in [0.15, 0.2) is 96.0 Å². The number of halogens is 2. The second-order valence-electron chi connectivity index (χ2n) is 9.24. The normalized spacial score (nSPS) is 14.7. The quantitative estimate of drug-likeness (QED) is 0.121. The van der Waals surface area contributed by atoms with Crippen molar-refractivity contribution in [3.63, 3.8) is 0 Å². The van der Waals surface area contributed by atoms with Gasteiger partial charge in [0.1, 0.15) is 5.75 Å². The van der Waals surface area contributed by atoms with Crippen LogP contribution in [0.25, 0.3) is 6.08 Å². The van der Waals surface area contributed by atoms with Crippen molar-refractivity contribution in [3.8, 4) is 5.75 Å². The number of hydrogen-bond donors (Lipinski definition) is 0. The van der Waals surface area contributed by atoms with E-state index in [0.29, 0.717) is 46.3 Å². The number of rotatable bonds is 8. The first-order valence-corrected chi connectivity index (χ1v) is 15.7. The molecule has 0 aliphatic carbocycles. The smallest absolute Gasteiger partial charge is 0.338 e. The molecular weight excluding hydrogens is 678 g/mol. The lowest BCUT2D eigenvalue weighted by molar-refractivity contribution is -0.387. The number of methoxy groups -OCH3 is 1. The van der Waals surface area contributed by atoms with E-state index in [9.17, 15) is 19.7 Å². The number of nitro benzene ring substituents is 1. The molecular formula is C30H23BrClN3O6S2. The molecule has 0 unspecified atom stereocenters. The Kier molecular flexibility index (Phi) is 9.21. The number of carbonyl (C=O) groups excluding carboxylic acids is 1. The minimum atomic E-state index is -0.813. The second kappa shape index (κ2) is 12.9. The van der Waals surface area contributed by atoms with E-state index in [1.165, 1.54) is 22.4 Å². The Balaban J connectivity index is 1.62. The maximum atomic E-state index is 13.9. The van der Waals surface area contributed by atoms with Gasteiger partial charge in [-0.1, -0.05) is 46.8 Å². The number of benzene rings is 3. The summed E-state index contributed by atoms with van der Waals surface area (Å²) in [5, 5.41) is 12.5. The first-order chi connectivity index (χ1) is 20.6. The van der Waals surface area contributed by atoms with Crippen LogP contribution in [0.2, 0.25) is 5.02 Å². The molecule has 1 aromatic heterocycles. The van der Waals surface area contributed by atoms with E-state index >= 15 is 0 Å². The van der Waals surface area contributed by atoms with Crippen LogP contribution >= 0.6 is 50.6 Å². The van der Waals surface area contributed by atoms with Crippen LogP contribution in [0.1, 0.15) is 31.0 Å². The van der Waals surface area contributed by atoms with E-state index < -0.39 is 22.5 Å². The van der Waals surface area contributed by atoms with Gasteiger partial charge in [-0.15, -0.1) is 0 Å². The average Bonchev–Trinajstić information content (AvgIpc) is 3.28. The van der Waals surface area contributed by atoms with Crippen LogP contribution in [0.4, 0.5) is 5.69 Å². The van der Waals surface area contributed by atoms with Gasteiger partial charge in [0.15, 0.2) is 4.80 Å². The summed E-state index contributed by atoms with van der Waals surface area (Å²) >= 11 is 11.8. The van der Waals surface area contributed by atoms with Gasteiger partial charge in [0.2, 0.25) is 0 Å². The molecule has 43 heavy (non-hydrogen) atoms. The molecule has 0 radical (unpaired) electrons. The number of fused-ring (bicyclic) bond motifs is 1. The zero-order valence-corrected chi connectivity index (χ0v) is 27.0. The van der Waals surface area contributed by atoms with Gasteiger partial charge in [0.05, 0.1) is 49.9 Å². The maximum absolute atomic E-state index is 13.9. The molecule has 1 aliphatic heterocycles. The van der Waals surface area contributed by atoms with Gasteiger partial charge < -0.3 is 9.47 Å². The van der Waals surface area contributed by atoms with Gasteiger partial charge in [-0.2, -0.15) is 0 Å². The largest absolute Gasteiger partial charge is 0.496 e. The van der Waals surface area contributed by atoms with Crippen molar-refractivity contribution in [2.24, 2.45) is 4.99 Å². The van der Waals surface area contributed by atoms with Gasteiger partial charge in [0, 0.05) is 16.0 Å². The highest BCUT2D eigenvalue weighted by Gasteiger charge is 2.33. The van der Waals surface area contributed by atoms with Crippen LogP contribution in [0.5, 0.6) is 5.75 Å². The van der Waals surface area contributed by atoms with E-state index in [-0.39, 0.29) is 17.9 Å². The number of thiazole rings is 1. The molecule has 0 N–H and O–H groups in total. The first kappa shape index (κ1) is 30.7. The predicted molar refractivity (Wildman–Crippen MR) is 170 cm³/mol. The number of allylic oxidation sites excluding steroid dienone is 1. The Morgan fingerprint density at radius 1 is 1.21 bits per heavy atom. The van der Waals surface area contributed by atoms with Gasteiger partial charge in [0.25, 0.3) is 11.2 Å². The molecule has 0 bridgehead atoms. The molecule has 5 rings (SSSR count). The van der Waals surface area contributed by atoms with Crippen LogP contribution in [-0.4, -0.2) is 29.2 Å². The molecule has 0 saturated heterocycles. The number of ether oxygens (including phenoxy) is 2. The predicted octanol–water partition coefficient (Wildman–Crippen LogP) is 6.28. The van der Waals surface area contributed by atoms with Crippen LogP contribution in [-0.2, 0) is 9.53 Å². The molecule has 13 heteroatoms. The van der Waals surface area contributed by atoms with Gasteiger partial charge in [-0.05, 0) is 89.4 Å². The molecule has 0 fully saturated rings. The first-order valence-electron chi connectivity index (χ1n) is 12.9. The fourth-order valence-electron chi connectivity index (χ4n) is 4.59. The van der Waals surface area contributed by atoms with Gasteiger partial charge >= 0.3 is 5.97 Å². The Morgan fingerprint density at radius 2 is 1.95 bits per heavy atom. The highest BCUT2D eigenvalue weighted by Crippen LogP contribution is 2.37. The van der Waals surface area contributed by atoms with Crippen molar-refractivity contribution in [3.05, 3.63) is 122 Å².